The lowest BCUT2D eigenvalue weighted by Gasteiger charge is -2.03. The number of carbonyl (C=O) groups is 2. The van der Waals surface area contributed by atoms with Crippen molar-refractivity contribution in [3.05, 3.63) is 35.1 Å². The Bertz CT molecular complexity index is 438. The molecule has 0 N–H and O–H groups in total. The summed E-state index contributed by atoms with van der Waals surface area (Å²) in [7, 11) is 0. The summed E-state index contributed by atoms with van der Waals surface area (Å²) in [5.41, 5.74) is 0.780. The quantitative estimate of drug-likeness (QED) is 0.418. The smallest absolute Gasteiger partial charge is 0.170 e. The molecule has 3 heteroatoms. The number of benzene rings is 1. The normalized spacial score (nSPS) is 10.4. The number of rotatable bonds is 7. The van der Waals surface area contributed by atoms with Gasteiger partial charge in [0.1, 0.15) is 11.6 Å². The van der Waals surface area contributed by atoms with Gasteiger partial charge in [-0.3, -0.25) is 9.59 Å². The molecule has 0 bridgehead atoms. The molecule has 1 rings (SSSR count). The van der Waals surface area contributed by atoms with Crippen LogP contribution >= 0.6 is 0 Å². The van der Waals surface area contributed by atoms with E-state index >= 15 is 0 Å². The van der Waals surface area contributed by atoms with Gasteiger partial charge in [0.05, 0.1) is 6.42 Å². The number of aryl methyl sites for hydroxylation is 1. The van der Waals surface area contributed by atoms with Crippen LogP contribution in [0.2, 0.25) is 0 Å². The monoisotopic (exact) mass is 250 g/mol. The SMILES string of the molecule is CCCCCC(=O)CC(=O)c1ccc(C)c(F)c1. The zero-order valence-corrected chi connectivity index (χ0v) is 11.0. The second-order valence-electron chi connectivity index (χ2n) is 4.56. The maximum Gasteiger partial charge on any atom is 0.170 e. The maximum absolute atomic E-state index is 13.3. The fourth-order valence-corrected chi connectivity index (χ4v) is 1.71. The molecule has 0 aliphatic carbocycles. The van der Waals surface area contributed by atoms with E-state index in [1.54, 1.807) is 19.1 Å². The first kappa shape index (κ1) is 14.6. The summed E-state index contributed by atoms with van der Waals surface area (Å²) < 4.78 is 13.3. The summed E-state index contributed by atoms with van der Waals surface area (Å²) in [6.07, 6.45) is 3.19. The van der Waals surface area contributed by atoms with Crippen LogP contribution in [0.15, 0.2) is 18.2 Å². The van der Waals surface area contributed by atoms with E-state index < -0.39 is 5.82 Å². The van der Waals surface area contributed by atoms with Crippen molar-refractivity contribution < 1.29 is 14.0 Å². The second kappa shape index (κ2) is 7.04. The number of carbonyl (C=O) groups excluding carboxylic acids is 2. The molecule has 0 aromatic heterocycles. The Labute approximate surface area is 107 Å². The van der Waals surface area contributed by atoms with Crippen LogP contribution in [0.4, 0.5) is 4.39 Å². The van der Waals surface area contributed by atoms with E-state index in [1.807, 2.05) is 0 Å². The molecular weight excluding hydrogens is 231 g/mol. The van der Waals surface area contributed by atoms with Gasteiger partial charge in [0.2, 0.25) is 0 Å². The molecule has 0 atom stereocenters. The number of ketones is 2. The first-order valence-electron chi connectivity index (χ1n) is 6.35. The second-order valence-corrected chi connectivity index (χ2v) is 4.56. The van der Waals surface area contributed by atoms with E-state index in [9.17, 15) is 14.0 Å². The van der Waals surface area contributed by atoms with Gasteiger partial charge >= 0.3 is 0 Å². The summed E-state index contributed by atoms with van der Waals surface area (Å²) in [6.45, 7) is 3.70. The first-order valence-corrected chi connectivity index (χ1v) is 6.35. The first-order chi connectivity index (χ1) is 8.54. The Balaban J connectivity index is 2.54. The molecular formula is C15H19FO2. The van der Waals surface area contributed by atoms with Gasteiger partial charge in [-0.25, -0.2) is 4.39 Å². The number of unbranched alkanes of at least 4 members (excludes halogenated alkanes) is 2. The largest absolute Gasteiger partial charge is 0.299 e. The molecule has 98 valence electrons. The van der Waals surface area contributed by atoms with Crippen LogP contribution in [0, 0.1) is 12.7 Å². The summed E-state index contributed by atoms with van der Waals surface area (Å²) in [6, 6.07) is 4.33. The van der Waals surface area contributed by atoms with Crippen molar-refractivity contribution in [2.24, 2.45) is 0 Å². The minimum atomic E-state index is -0.403. The van der Waals surface area contributed by atoms with Crippen molar-refractivity contribution in [1.29, 1.82) is 0 Å². The van der Waals surface area contributed by atoms with E-state index in [1.165, 1.54) is 6.07 Å². The van der Waals surface area contributed by atoms with E-state index in [0.717, 1.165) is 19.3 Å². The third kappa shape index (κ3) is 4.40. The molecule has 0 radical (unpaired) electrons. The summed E-state index contributed by atoms with van der Waals surface area (Å²) in [5.74, 6) is -0.760. The van der Waals surface area contributed by atoms with Gasteiger partial charge in [0.25, 0.3) is 0 Å². The lowest BCUT2D eigenvalue weighted by molar-refractivity contribution is -0.118. The fourth-order valence-electron chi connectivity index (χ4n) is 1.71. The topological polar surface area (TPSA) is 34.1 Å². The molecule has 2 nitrogen and oxygen atoms in total. The van der Waals surface area contributed by atoms with Crippen LogP contribution in [-0.2, 0) is 4.79 Å². The highest BCUT2D eigenvalue weighted by Crippen LogP contribution is 2.12. The van der Waals surface area contributed by atoms with Crippen molar-refractivity contribution >= 4 is 11.6 Å². The molecule has 1 aromatic rings. The average molecular weight is 250 g/mol. The van der Waals surface area contributed by atoms with E-state index in [0.29, 0.717) is 12.0 Å². The van der Waals surface area contributed by atoms with Gasteiger partial charge in [-0.15, -0.1) is 0 Å². The molecule has 0 spiro atoms. The molecule has 18 heavy (non-hydrogen) atoms. The van der Waals surface area contributed by atoms with Crippen molar-refractivity contribution in [1.82, 2.24) is 0 Å². The van der Waals surface area contributed by atoms with Crippen molar-refractivity contribution in [2.45, 2.75) is 46.0 Å². The van der Waals surface area contributed by atoms with Crippen LogP contribution in [0.25, 0.3) is 0 Å². The standard InChI is InChI=1S/C15H19FO2/c1-3-4-5-6-13(17)10-15(18)12-8-7-11(2)14(16)9-12/h7-9H,3-6,10H2,1-2H3. The summed E-state index contributed by atoms with van der Waals surface area (Å²) >= 11 is 0. The predicted octanol–water partition coefficient (Wildman–Crippen LogP) is 3.86. The number of hydrogen-bond donors (Lipinski definition) is 0. The number of Topliss-reactive ketones (excluding diaryl/α,β-unsaturated/α-hetero) is 2. The van der Waals surface area contributed by atoms with E-state index in [2.05, 4.69) is 6.92 Å². The van der Waals surface area contributed by atoms with Crippen LogP contribution < -0.4 is 0 Å². The van der Waals surface area contributed by atoms with E-state index in [4.69, 9.17) is 0 Å². The Morgan fingerprint density at radius 3 is 2.56 bits per heavy atom. The molecule has 0 saturated heterocycles. The highest BCUT2D eigenvalue weighted by molar-refractivity contribution is 6.07. The Morgan fingerprint density at radius 2 is 1.94 bits per heavy atom. The van der Waals surface area contributed by atoms with Gasteiger partial charge in [0, 0.05) is 12.0 Å². The Morgan fingerprint density at radius 1 is 1.22 bits per heavy atom. The Hall–Kier alpha value is -1.51. The molecule has 0 amide bonds. The van der Waals surface area contributed by atoms with Crippen LogP contribution in [0.3, 0.4) is 0 Å². The number of hydrogen-bond acceptors (Lipinski definition) is 2. The molecule has 0 saturated carbocycles. The van der Waals surface area contributed by atoms with Crippen LogP contribution in [0.1, 0.15) is 54.9 Å². The van der Waals surface area contributed by atoms with Gasteiger partial charge in [-0.2, -0.15) is 0 Å². The third-order valence-corrected chi connectivity index (χ3v) is 2.91. The fraction of sp³-hybridized carbons (Fsp3) is 0.467. The van der Waals surface area contributed by atoms with Gasteiger partial charge < -0.3 is 0 Å². The highest BCUT2D eigenvalue weighted by Gasteiger charge is 2.12. The minimum Gasteiger partial charge on any atom is -0.299 e. The predicted molar refractivity (Wildman–Crippen MR) is 69.2 cm³/mol. The molecule has 1 aromatic carbocycles. The van der Waals surface area contributed by atoms with Gasteiger partial charge in [-0.1, -0.05) is 31.9 Å². The molecule has 0 aliphatic rings. The van der Waals surface area contributed by atoms with Crippen LogP contribution in [-0.4, -0.2) is 11.6 Å². The number of halogens is 1. The zero-order chi connectivity index (χ0) is 13.5. The van der Waals surface area contributed by atoms with Crippen molar-refractivity contribution in [3.63, 3.8) is 0 Å². The molecule has 0 aliphatic heterocycles. The van der Waals surface area contributed by atoms with Crippen LogP contribution in [0.5, 0.6) is 0 Å². The molecule has 0 heterocycles. The van der Waals surface area contributed by atoms with Gasteiger partial charge in [0.15, 0.2) is 5.78 Å². The third-order valence-electron chi connectivity index (χ3n) is 2.91. The Kier molecular flexibility index (Phi) is 5.69. The lowest BCUT2D eigenvalue weighted by atomic mass is 10.0. The lowest BCUT2D eigenvalue weighted by Crippen LogP contribution is -2.08. The van der Waals surface area contributed by atoms with Crippen molar-refractivity contribution in [2.75, 3.05) is 0 Å². The maximum atomic E-state index is 13.3. The molecule has 0 unspecified atom stereocenters. The zero-order valence-electron chi connectivity index (χ0n) is 11.0. The van der Waals surface area contributed by atoms with Crippen molar-refractivity contribution in [3.8, 4) is 0 Å². The summed E-state index contributed by atoms with van der Waals surface area (Å²) in [4.78, 5) is 23.3. The average Bonchev–Trinajstić information content (AvgIpc) is 2.33. The minimum absolute atomic E-state index is 0.0607. The van der Waals surface area contributed by atoms with E-state index in [-0.39, 0.29) is 23.6 Å². The highest BCUT2D eigenvalue weighted by atomic mass is 19.1. The van der Waals surface area contributed by atoms with Gasteiger partial charge in [-0.05, 0) is 25.0 Å². The molecule has 0 fully saturated rings. The summed E-state index contributed by atoms with van der Waals surface area (Å²) in [5, 5.41) is 0.